The summed E-state index contributed by atoms with van der Waals surface area (Å²) in [4.78, 5) is 29.0. The van der Waals surface area contributed by atoms with Gasteiger partial charge in [-0.15, -0.1) is 0 Å². The third-order valence-electron chi connectivity index (χ3n) is 9.12. The first kappa shape index (κ1) is 31.4. The number of halogens is 1. The van der Waals surface area contributed by atoms with E-state index >= 15 is 0 Å². The summed E-state index contributed by atoms with van der Waals surface area (Å²) in [5, 5.41) is 10.3. The summed E-state index contributed by atoms with van der Waals surface area (Å²) in [6, 6.07) is 22.7. The van der Waals surface area contributed by atoms with Gasteiger partial charge in [0.2, 0.25) is 11.8 Å². The molecular weight excluding hydrogens is 681 g/mol. The van der Waals surface area contributed by atoms with Crippen LogP contribution in [0.5, 0.6) is 17.2 Å². The highest BCUT2D eigenvalue weighted by Crippen LogP contribution is 2.50. The smallest absolute Gasteiger partial charge is 0.238 e. The lowest BCUT2D eigenvalue weighted by molar-refractivity contribution is -0.122. The molecule has 8 heteroatoms. The van der Waals surface area contributed by atoms with E-state index in [1.165, 1.54) is 10.5 Å². The Kier molecular flexibility index (Phi) is 9.61. The third kappa shape index (κ3) is 6.40. The SMILES string of the molecule is CCC/C(=C\c1cc(I)c(O)c(OC)c1)CC[C@H]1OC[C@H]2C1=C(COc1ccccc1)C[C@H]1C(=O)N(c3ccccc3)C(=O)[C@H]12. The summed E-state index contributed by atoms with van der Waals surface area (Å²) >= 11 is 2.12. The molecule has 0 radical (unpaired) electrons. The lowest BCUT2D eigenvalue weighted by Crippen LogP contribution is -2.35. The standard InChI is InChI=1S/C37H38INO6/c1-3-10-23(17-24-18-30(38)35(40)32(19-24)43-2)15-16-31-33-25(21-44-27-13-8-5-9-14-27)20-28-34(29(33)22-45-31)37(42)39(36(28)41)26-11-6-4-7-12-26/h4-9,11-14,17-19,28-29,31,34,40H,3,10,15-16,20-22H2,1-2H3/b23-17+/t28-,29+,31-,34-/m1/s1. The molecule has 2 amide bonds. The number of amides is 2. The summed E-state index contributed by atoms with van der Waals surface area (Å²) < 4.78 is 18.9. The Bertz CT molecular complexity index is 1620. The summed E-state index contributed by atoms with van der Waals surface area (Å²) in [5.74, 6) is 0.0893. The highest BCUT2D eigenvalue weighted by Gasteiger charge is 2.57. The molecule has 234 valence electrons. The molecule has 0 bridgehead atoms. The minimum absolute atomic E-state index is 0.131. The van der Waals surface area contributed by atoms with Crippen molar-refractivity contribution >= 4 is 46.2 Å². The second-order valence-corrected chi connectivity index (χ2v) is 13.1. The second-order valence-electron chi connectivity index (χ2n) is 11.9. The predicted octanol–water partition coefficient (Wildman–Crippen LogP) is 7.57. The topological polar surface area (TPSA) is 85.3 Å². The second kappa shape index (κ2) is 13.8. The number of phenols is 1. The molecule has 0 saturated carbocycles. The fraction of sp³-hybridized carbons (Fsp3) is 0.351. The molecule has 0 unspecified atom stereocenters. The highest BCUT2D eigenvalue weighted by molar-refractivity contribution is 14.1. The quantitative estimate of drug-likeness (QED) is 0.125. The van der Waals surface area contributed by atoms with E-state index in [1.807, 2.05) is 72.8 Å². The minimum atomic E-state index is -0.435. The monoisotopic (exact) mass is 719 g/mol. The molecule has 3 aromatic rings. The molecule has 2 saturated heterocycles. The summed E-state index contributed by atoms with van der Waals surface area (Å²) in [6.45, 7) is 2.94. The number of imide groups is 1. The van der Waals surface area contributed by atoms with Crippen LogP contribution in [0.25, 0.3) is 6.08 Å². The van der Waals surface area contributed by atoms with Crippen molar-refractivity contribution in [1.29, 1.82) is 0 Å². The van der Waals surface area contributed by atoms with Crippen LogP contribution >= 0.6 is 22.6 Å². The first-order valence-electron chi connectivity index (χ1n) is 15.6. The van der Waals surface area contributed by atoms with Gasteiger partial charge in [-0.05, 0) is 101 Å². The minimum Gasteiger partial charge on any atom is -0.504 e. The van der Waals surface area contributed by atoms with Gasteiger partial charge in [0.25, 0.3) is 0 Å². The summed E-state index contributed by atoms with van der Waals surface area (Å²) in [6.07, 6.45) is 6.03. The van der Waals surface area contributed by atoms with E-state index in [-0.39, 0.29) is 29.6 Å². The first-order chi connectivity index (χ1) is 21.9. The number of allylic oxidation sites excluding steroid dienone is 1. The Balaban J connectivity index is 1.28. The number of anilines is 1. The van der Waals surface area contributed by atoms with Crippen molar-refractivity contribution in [3.63, 3.8) is 0 Å². The molecule has 1 aliphatic carbocycles. The van der Waals surface area contributed by atoms with Crippen molar-refractivity contribution in [2.24, 2.45) is 17.8 Å². The van der Waals surface area contributed by atoms with E-state index in [0.29, 0.717) is 31.1 Å². The van der Waals surface area contributed by atoms with E-state index in [4.69, 9.17) is 14.2 Å². The first-order valence-corrected chi connectivity index (χ1v) is 16.7. The van der Waals surface area contributed by atoms with Gasteiger partial charge in [-0.25, -0.2) is 0 Å². The van der Waals surface area contributed by atoms with Crippen LogP contribution in [-0.4, -0.2) is 43.3 Å². The van der Waals surface area contributed by atoms with Gasteiger partial charge in [0.15, 0.2) is 11.5 Å². The van der Waals surface area contributed by atoms with Crippen molar-refractivity contribution in [2.45, 2.75) is 45.1 Å². The van der Waals surface area contributed by atoms with Crippen LogP contribution in [0.1, 0.15) is 44.6 Å². The van der Waals surface area contributed by atoms with Gasteiger partial charge in [-0.2, -0.15) is 0 Å². The summed E-state index contributed by atoms with van der Waals surface area (Å²) in [5.41, 5.74) is 5.10. The fourth-order valence-electron chi connectivity index (χ4n) is 7.10. The van der Waals surface area contributed by atoms with Crippen molar-refractivity contribution in [3.05, 3.63) is 98.6 Å². The van der Waals surface area contributed by atoms with Gasteiger partial charge in [-0.3, -0.25) is 14.5 Å². The van der Waals surface area contributed by atoms with E-state index in [2.05, 4.69) is 35.6 Å². The number of hydrogen-bond donors (Lipinski definition) is 1. The highest BCUT2D eigenvalue weighted by atomic mass is 127. The zero-order valence-electron chi connectivity index (χ0n) is 25.6. The molecular formula is C37H38INO6. The van der Waals surface area contributed by atoms with Crippen LogP contribution in [0.15, 0.2) is 89.5 Å². The predicted molar refractivity (Wildman–Crippen MR) is 182 cm³/mol. The fourth-order valence-corrected chi connectivity index (χ4v) is 7.73. The van der Waals surface area contributed by atoms with Crippen LogP contribution in [0.4, 0.5) is 5.69 Å². The van der Waals surface area contributed by atoms with Crippen LogP contribution in [0, 0.1) is 21.3 Å². The van der Waals surface area contributed by atoms with Gasteiger partial charge < -0.3 is 19.3 Å². The lowest BCUT2D eigenvalue weighted by Gasteiger charge is -2.31. The van der Waals surface area contributed by atoms with Gasteiger partial charge in [0, 0.05) is 5.92 Å². The number of hydrogen-bond acceptors (Lipinski definition) is 6. The zero-order chi connectivity index (χ0) is 31.5. The number of methoxy groups -OCH3 is 1. The number of phenolic OH excluding ortho intramolecular Hbond substituents is 1. The molecule has 3 aromatic carbocycles. The van der Waals surface area contributed by atoms with E-state index < -0.39 is 11.8 Å². The number of carbonyl (C=O) groups is 2. The van der Waals surface area contributed by atoms with Crippen LogP contribution in [0.3, 0.4) is 0 Å². The molecule has 0 aromatic heterocycles. The molecule has 7 nitrogen and oxygen atoms in total. The number of rotatable bonds is 11. The van der Waals surface area contributed by atoms with Crippen LogP contribution in [0.2, 0.25) is 0 Å². The number of carbonyl (C=O) groups excluding carboxylic acids is 2. The number of fused-ring (bicyclic) bond motifs is 3. The zero-order valence-corrected chi connectivity index (χ0v) is 27.7. The Labute approximate surface area is 278 Å². The largest absolute Gasteiger partial charge is 0.504 e. The van der Waals surface area contributed by atoms with E-state index in [0.717, 1.165) is 51.7 Å². The van der Waals surface area contributed by atoms with E-state index in [9.17, 15) is 14.7 Å². The summed E-state index contributed by atoms with van der Waals surface area (Å²) in [7, 11) is 1.56. The Hall–Kier alpha value is -3.63. The maximum Gasteiger partial charge on any atom is 0.238 e. The third-order valence-corrected chi connectivity index (χ3v) is 9.94. The molecule has 2 fully saturated rings. The molecule has 45 heavy (non-hydrogen) atoms. The molecule has 3 aliphatic rings. The maximum atomic E-state index is 13.9. The van der Waals surface area contributed by atoms with Crippen LogP contribution in [-0.2, 0) is 14.3 Å². The van der Waals surface area contributed by atoms with Crippen molar-refractivity contribution in [2.75, 3.05) is 25.2 Å². The average Bonchev–Trinajstić information content (AvgIpc) is 3.59. The van der Waals surface area contributed by atoms with E-state index in [1.54, 1.807) is 7.11 Å². The lowest BCUT2D eigenvalue weighted by atomic mass is 9.69. The molecule has 1 N–H and O–H groups in total. The number of ether oxygens (including phenoxy) is 3. The number of nitrogens with zero attached hydrogens (tertiary/aromatic N) is 1. The van der Waals surface area contributed by atoms with Gasteiger partial charge in [0.05, 0.1) is 40.9 Å². The molecule has 0 spiro atoms. The van der Waals surface area contributed by atoms with Crippen molar-refractivity contribution in [1.82, 2.24) is 0 Å². The molecule has 2 aliphatic heterocycles. The maximum absolute atomic E-state index is 13.9. The Morgan fingerprint density at radius 3 is 2.47 bits per heavy atom. The van der Waals surface area contributed by atoms with Gasteiger partial charge in [0.1, 0.15) is 12.4 Å². The van der Waals surface area contributed by atoms with Crippen molar-refractivity contribution < 1.29 is 28.9 Å². The van der Waals surface area contributed by atoms with Gasteiger partial charge >= 0.3 is 0 Å². The normalized spacial score (nSPS) is 22.9. The Morgan fingerprint density at radius 2 is 1.76 bits per heavy atom. The molecule has 6 rings (SSSR count). The molecule has 4 atom stereocenters. The van der Waals surface area contributed by atoms with Crippen LogP contribution < -0.4 is 14.4 Å². The van der Waals surface area contributed by atoms with Gasteiger partial charge in [-0.1, -0.05) is 61.4 Å². The average molecular weight is 720 g/mol. The number of para-hydroxylation sites is 2. The Morgan fingerprint density at radius 1 is 1.02 bits per heavy atom. The molecule has 2 heterocycles. The number of aromatic hydroxyl groups is 1. The van der Waals surface area contributed by atoms with Crippen molar-refractivity contribution in [3.8, 4) is 17.2 Å². The number of benzene rings is 3.